The molecule has 4 heteroatoms. The van der Waals surface area contributed by atoms with Gasteiger partial charge < -0.3 is 4.42 Å². The normalized spacial score (nSPS) is 10.9. The van der Waals surface area contributed by atoms with Gasteiger partial charge in [0, 0.05) is 11.4 Å². The molecule has 0 atom stereocenters. The maximum Gasteiger partial charge on any atom is 0.193 e. The van der Waals surface area contributed by atoms with Crippen molar-refractivity contribution in [1.29, 1.82) is 0 Å². The van der Waals surface area contributed by atoms with Crippen molar-refractivity contribution in [2.45, 2.75) is 5.33 Å². The fourth-order valence-electron chi connectivity index (χ4n) is 1.83. The van der Waals surface area contributed by atoms with Crippen LogP contribution in [0.3, 0.4) is 0 Å². The smallest absolute Gasteiger partial charge is 0.193 e. The molecule has 2 nitrogen and oxygen atoms in total. The molecule has 2 heterocycles. The number of hydrogen-bond acceptors (Lipinski definition) is 3. The van der Waals surface area contributed by atoms with Gasteiger partial charge in [-0.05, 0) is 29.1 Å². The summed E-state index contributed by atoms with van der Waals surface area (Å²) in [6.07, 6.45) is 0. The van der Waals surface area contributed by atoms with Gasteiger partial charge >= 0.3 is 0 Å². The van der Waals surface area contributed by atoms with Crippen molar-refractivity contribution in [2.75, 3.05) is 0 Å². The zero-order chi connectivity index (χ0) is 12.5. The average Bonchev–Trinajstić information content (AvgIpc) is 2.92. The van der Waals surface area contributed by atoms with E-state index in [4.69, 9.17) is 4.42 Å². The minimum atomic E-state index is 0.00227. The Morgan fingerprint density at radius 2 is 2.11 bits per heavy atom. The minimum Gasteiger partial charge on any atom is -0.455 e. The van der Waals surface area contributed by atoms with Crippen LogP contribution in [0.1, 0.15) is 5.56 Å². The van der Waals surface area contributed by atoms with Gasteiger partial charge in [-0.2, -0.15) is 0 Å². The molecule has 18 heavy (non-hydrogen) atoms. The molecule has 0 fully saturated rings. The van der Waals surface area contributed by atoms with E-state index in [2.05, 4.69) is 15.9 Å². The number of alkyl halides is 1. The molecule has 0 radical (unpaired) electrons. The van der Waals surface area contributed by atoms with E-state index in [0.29, 0.717) is 16.7 Å². The van der Waals surface area contributed by atoms with E-state index in [9.17, 15) is 4.79 Å². The summed E-state index contributed by atoms with van der Waals surface area (Å²) in [5.41, 5.74) is 1.71. The summed E-state index contributed by atoms with van der Waals surface area (Å²) in [7, 11) is 0. The van der Waals surface area contributed by atoms with Gasteiger partial charge in [-0.25, -0.2) is 0 Å². The highest BCUT2D eigenvalue weighted by atomic mass is 79.9. The third-order valence-electron chi connectivity index (χ3n) is 2.71. The van der Waals surface area contributed by atoms with E-state index in [0.717, 1.165) is 15.8 Å². The van der Waals surface area contributed by atoms with E-state index in [1.807, 2.05) is 35.7 Å². The van der Waals surface area contributed by atoms with Crippen LogP contribution < -0.4 is 5.43 Å². The van der Waals surface area contributed by atoms with Crippen LogP contribution in [0.2, 0.25) is 0 Å². The highest BCUT2D eigenvalue weighted by Gasteiger charge is 2.08. The largest absolute Gasteiger partial charge is 0.455 e. The fourth-order valence-corrected chi connectivity index (χ4v) is 2.85. The Bertz CT molecular complexity index is 744. The molecule has 0 aliphatic heterocycles. The zero-order valence-corrected chi connectivity index (χ0v) is 11.8. The van der Waals surface area contributed by atoms with Gasteiger partial charge in [0.05, 0.1) is 10.3 Å². The predicted molar refractivity (Wildman–Crippen MR) is 78.4 cm³/mol. The first-order chi connectivity index (χ1) is 8.78. The maximum absolute atomic E-state index is 12.1. The Hall–Kier alpha value is -1.39. The second-order valence-corrected chi connectivity index (χ2v) is 5.42. The molecule has 0 amide bonds. The Morgan fingerprint density at radius 3 is 2.83 bits per heavy atom. The lowest BCUT2D eigenvalue weighted by Gasteiger charge is -2.02. The number of fused-ring (bicyclic) bond motifs is 1. The molecule has 90 valence electrons. The van der Waals surface area contributed by atoms with Crippen molar-refractivity contribution in [1.82, 2.24) is 0 Å². The molecule has 0 aliphatic carbocycles. The van der Waals surface area contributed by atoms with E-state index < -0.39 is 0 Å². The van der Waals surface area contributed by atoms with Crippen LogP contribution in [-0.2, 0) is 5.33 Å². The molecule has 0 saturated heterocycles. The van der Waals surface area contributed by atoms with Gasteiger partial charge in [0.25, 0.3) is 0 Å². The number of halogens is 1. The minimum absolute atomic E-state index is 0.00227. The lowest BCUT2D eigenvalue weighted by molar-refractivity contribution is 0.620. The van der Waals surface area contributed by atoms with Gasteiger partial charge in [-0.1, -0.05) is 28.1 Å². The number of benzene rings is 1. The molecule has 0 N–H and O–H groups in total. The number of hydrogen-bond donors (Lipinski definition) is 0. The lowest BCUT2D eigenvalue weighted by atomic mass is 10.1. The van der Waals surface area contributed by atoms with Crippen molar-refractivity contribution in [3.05, 3.63) is 57.6 Å². The quantitative estimate of drug-likeness (QED) is 0.654. The Balaban J connectivity index is 2.26. The van der Waals surface area contributed by atoms with Crippen molar-refractivity contribution in [3.8, 4) is 10.6 Å². The standard InChI is InChI=1S/C14H9BrO2S/c15-8-9-3-4-12-10(6-9)11(16)7-13(17-12)14-2-1-5-18-14/h1-7H,8H2. The summed E-state index contributed by atoms with van der Waals surface area (Å²) < 4.78 is 5.78. The van der Waals surface area contributed by atoms with Crippen molar-refractivity contribution < 1.29 is 4.42 Å². The first-order valence-corrected chi connectivity index (χ1v) is 7.44. The van der Waals surface area contributed by atoms with Crippen LogP contribution in [-0.4, -0.2) is 0 Å². The predicted octanol–water partition coefficient (Wildman–Crippen LogP) is 4.42. The van der Waals surface area contributed by atoms with E-state index in [1.54, 1.807) is 17.4 Å². The summed E-state index contributed by atoms with van der Waals surface area (Å²) in [5, 5.41) is 3.33. The second kappa shape index (κ2) is 4.71. The molecule has 3 aromatic rings. The summed E-state index contributed by atoms with van der Waals surface area (Å²) in [6.45, 7) is 0. The first kappa shape index (κ1) is 11.7. The van der Waals surface area contributed by atoms with Crippen LogP contribution in [0.15, 0.2) is 51.0 Å². The highest BCUT2D eigenvalue weighted by Crippen LogP contribution is 2.26. The van der Waals surface area contributed by atoms with E-state index in [1.165, 1.54) is 0 Å². The van der Waals surface area contributed by atoms with Crippen molar-refractivity contribution in [3.63, 3.8) is 0 Å². The molecule has 0 bridgehead atoms. The van der Waals surface area contributed by atoms with Gasteiger partial charge in [0.2, 0.25) is 0 Å². The van der Waals surface area contributed by atoms with Crippen molar-refractivity contribution >= 4 is 38.2 Å². The summed E-state index contributed by atoms with van der Waals surface area (Å²) in [6, 6.07) is 11.1. The van der Waals surface area contributed by atoms with Crippen LogP contribution in [0, 0.1) is 0 Å². The van der Waals surface area contributed by atoms with E-state index >= 15 is 0 Å². The Morgan fingerprint density at radius 1 is 1.22 bits per heavy atom. The van der Waals surface area contributed by atoms with Gasteiger partial charge in [0.15, 0.2) is 5.43 Å². The first-order valence-electron chi connectivity index (χ1n) is 5.44. The second-order valence-electron chi connectivity index (χ2n) is 3.92. The highest BCUT2D eigenvalue weighted by molar-refractivity contribution is 9.08. The van der Waals surface area contributed by atoms with Crippen LogP contribution in [0.25, 0.3) is 21.6 Å². The number of thiophene rings is 1. The van der Waals surface area contributed by atoms with E-state index in [-0.39, 0.29) is 5.43 Å². The fraction of sp³-hybridized carbons (Fsp3) is 0.0714. The van der Waals surface area contributed by atoms with Gasteiger partial charge in [-0.15, -0.1) is 11.3 Å². The van der Waals surface area contributed by atoms with Gasteiger partial charge in [0.1, 0.15) is 11.3 Å². The number of rotatable bonds is 2. The molecule has 0 unspecified atom stereocenters. The molecular weight excluding hydrogens is 312 g/mol. The van der Waals surface area contributed by atoms with Crippen molar-refractivity contribution in [2.24, 2.45) is 0 Å². The summed E-state index contributed by atoms with van der Waals surface area (Å²) in [5.74, 6) is 0.633. The SMILES string of the molecule is O=c1cc(-c2cccs2)oc2ccc(CBr)cc12. The molecule has 0 spiro atoms. The molecule has 0 saturated carbocycles. The van der Waals surface area contributed by atoms with Crippen LogP contribution >= 0.6 is 27.3 Å². The lowest BCUT2D eigenvalue weighted by Crippen LogP contribution is -2.00. The molecule has 0 aliphatic rings. The Labute approximate surface area is 116 Å². The maximum atomic E-state index is 12.1. The average molecular weight is 321 g/mol. The zero-order valence-electron chi connectivity index (χ0n) is 9.35. The van der Waals surface area contributed by atoms with Gasteiger partial charge in [-0.3, -0.25) is 4.79 Å². The third-order valence-corrected chi connectivity index (χ3v) is 4.24. The Kier molecular flexibility index (Phi) is 3.06. The molecule has 1 aromatic carbocycles. The summed E-state index contributed by atoms with van der Waals surface area (Å²) in [4.78, 5) is 13.1. The summed E-state index contributed by atoms with van der Waals surface area (Å²) >= 11 is 4.94. The molecular formula is C14H9BrO2S. The monoisotopic (exact) mass is 320 g/mol. The van der Waals surface area contributed by atoms with Crippen LogP contribution in [0.4, 0.5) is 0 Å². The topological polar surface area (TPSA) is 30.2 Å². The molecule has 2 aromatic heterocycles. The third kappa shape index (κ3) is 2.02. The molecule has 3 rings (SSSR count). The van der Waals surface area contributed by atoms with Crippen LogP contribution in [0.5, 0.6) is 0 Å².